The fraction of sp³-hybridized carbons (Fsp3) is 0.455. The first-order valence-corrected chi connectivity index (χ1v) is 9.06. The summed E-state index contributed by atoms with van der Waals surface area (Å²) in [5, 5.41) is 0. The van der Waals surface area contributed by atoms with Gasteiger partial charge in [-0.2, -0.15) is 0 Å². The Bertz CT molecular complexity index is 673. The molecular formula is C22H24. The lowest BCUT2D eigenvalue weighted by Crippen LogP contribution is -2.19. The number of allylic oxidation sites excluding steroid dienone is 6. The van der Waals surface area contributed by atoms with Crippen molar-refractivity contribution in [2.24, 2.45) is 23.7 Å². The van der Waals surface area contributed by atoms with E-state index < -0.39 is 0 Å². The summed E-state index contributed by atoms with van der Waals surface area (Å²) in [5.41, 5.74) is 6.25. The van der Waals surface area contributed by atoms with E-state index in [0.717, 1.165) is 30.1 Å². The van der Waals surface area contributed by atoms with Gasteiger partial charge < -0.3 is 0 Å². The molecule has 0 nitrogen and oxygen atoms in total. The zero-order chi connectivity index (χ0) is 14.5. The van der Waals surface area contributed by atoms with E-state index >= 15 is 0 Å². The van der Waals surface area contributed by atoms with Crippen LogP contribution in [-0.2, 0) is 0 Å². The molecule has 22 heavy (non-hydrogen) atoms. The summed E-state index contributed by atoms with van der Waals surface area (Å²) in [5.74, 6) is 4.10. The van der Waals surface area contributed by atoms with Gasteiger partial charge in [0.25, 0.3) is 0 Å². The number of hydrogen-bond acceptors (Lipinski definition) is 0. The van der Waals surface area contributed by atoms with E-state index in [1.54, 1.807) is 5.57 Å². The molecule has 4 atom stereocenters. The van der Waals surface area contributed by atoms with E-state index in [9.17, 15) is 0 Å². The van der Waals surface area contributed by atoms with Crippen molar-refractivity contribution in [2.75, 3.05) is 0 Å². The third kappa shape index (κ3) is 1.89. The summed E-state index contributed by atoms with van der Waals surface area (Å²) in [7, 11) is 0. The van der Waals surface area contributed by atoms with Crippen LogP contribution in [0.25, 0.3) is 5.57 Å². The lowest BCUT2D eigenvalue weighted by molar-refractivity contribution is 0.303. The van der Waals surface area contributed by atoms with E-state index in [1.165, 1.54) is 43.2 Å². The molecule has 0 heterocycles. The Labute approximate surface area is 133 Å². The zero-order valence-electron chi connectivity index (χ0n) is 13.2. The molecule has 1 aromatic rings. The van der Waals surface area contributed by atoms with E-state index in [0.29, 0.717) is 0 Å². The van der Waals surface area contributed by atoms with Gasteiger partial charge in [0.2, 0.25) is 0 Å². The zero-order valence-corrected chi connectivity index (χ0v) is 13.2. The molecule has 0 spiro atoms. The maximum Gasteiger partial charge on any atom is -0.00942 e. The standard InChI is InChI=1S/C22H24/c1-2-6-15(7-3-1)16-8-4-9-17(12-16)21-13-18-14-22(21)20-11-5-10-19(18)20/h1-4,6-8,12,18-20,22H,5,9-11,13-14H2. The molecule has 1 aromatic carbocycles. The molecule has 4 unspecified atom stereocenters. The first-order valence-electron chi connectivity index (χ1n) is 9.06. The SMILES string of the molecule is C1=CC(c2ccccc2)=CC(=C2CC3CC2C2CCCC32)C1. The lowest BCUT2D eigenvalue weighted by atomic mass is 9.76. The summed E-state index contributed by atoms with van der Waals surface area (Å²) >= 11 is 0. The van der Waals surface area contributed by atoms with Crippen LogP contribution >= 0.6 is 0 Å². The fourth-order valence-electron chi connectivity index (χ4n) is 5.86. The lowest BCUT2D eigenvalue weighted by Gasteiger charge is -2.29. The van der Waals surface area contributed by atoms with Crippen LogP contribution in [0.3, 0.4) is 0 Å². The minimum absolute atomic E-state index is 0.937. The van der Waals surface area contributed by atoms with E-state index in [2.05, 4.69) is 48.6 Å². The normalized spacial score (nSPS) is 39.2. The van der Waals surface area contributed by atoms with Crippen molar-refractivity contribution in [3.05, 3.63) is 65.3 Å². The van der Waals surface area contributed by atoms with Gasteiger partial charge in [-0.3, -0.25) is 0 Å². The molecule has 4 aliphatic carbocycles. The van der Waals surface area contributed by atoms with Crippen molar-refractivity contribution in [3.8, 4) is 0 Å². The van der Waals surface area contributed by atoms with Gasteiger partial charge in [0, 0.05) is 0 Å². The third-order valence-corrected chi connectivity index (χ3v) is 6.72. The Balaban J connectivity index is 1.51. The van der Waals surface area contributed by atoms with Gasteiger partial charge in [-0.1, -0.05) is 60.6 Å². The van der Waals surface area contributed by atoms with Crippen LogP contribution < -0.4 is 0 Å². The predicted octanol–water partition coefficient (Wildman–Crippen LogP) is 5.78. The Hall–Kier alpha value is -1.56. The minimum atomic E-state index is 0.937. The summed E-state index contributed by atoms with van der Waals surface area (Å²) in [6.45, 7) is 0. The summed E-state index contributed by atoms with van der Waals surface area (Å²) < 4.78 is 0. The summed E-state index contributed by atoms with van der Waals surface area (Å²) in [4.78, 5) is 0. The second kappa shape index (κ2) is 4.98. The molecule has 0 amide bonds. The van der Waals surface area contributed by atoms with Crippen LogP contribution in [0.1, 0.15) is 44.1 Å². The average molecular weight is 288 g/mol. The topological polar surface area (TPSA) is 0 Å². The number of benzene rings is 1. The van der Waals surface area contributed by atoms with Gasteiger partial charge in [0.05, 0.1) is 0 Å². The maximum absolute atomic E-state index is 2.50. The maximum atomic E-state index is 2.50. The monoisotopic (exact) mass is 288 g/mol. The second-order valence-corrected chi connectivity index (χ2v) is 7.69. The van der Waals surface area contributed by atoms with Gasteiger partial charge in [-0.15, -0.1) is 0 Å². The Kier molecular flexibility index (Phi) is 2.93. The molecule has 0 saturated heterocycles. The molecule has 0 aromatic heterocycles. The molecule has 3 fully saturated rings. The third-order valence-electron chi connectivity index (χ3n) is 6.72. The van der Waals surface area contributed by atoms with Crippen LogP contribution in [0.2, 0.25) is 0 Å². The Morgan fingerprint density at radius 2 is 1.82 bits per heavy atom. The summed E-state index contributed by atoms with van der Waals surface area (Å²) in [6.07, 6.45) is 15.8. The van der Waals surface area contributed by atoms with E-state index in [1.807, 2.05) is 5.57 Å². The van der Waals surface area contributed by atoms with E-state index in [4.69, 9.17) is 0 Å². The first kappa shape index (κ1) is 12.9. The highest BCUT2D eigenvalue weighted by Crippen LogP contribution is 2.61. The van der Waals surface area contributed by atoms with Crippen molar-refractivity contribution in [1.29, 1.82) is 0 Å². The molecule has 2 bridgehead atoms. The molecule has 112 valence electrons. The van der Waals surface area contributed by atoms with Crippen molar-refractivity contribution in [1.82, 2.24) is 0 Å². The quantitative estimate of drug-likeness (QED) is 0.614. The van der Waals surface area contributed by atoms with Crippen molar-refractivity contribution in [3.63, 3.8) is 0 Å². The van der Waals surface area contributed by atoms with E-state index in [-0.39, 0.29) is 0 Å². The molecule has 0 radical (unpaired) electrons. The highest BCUT2D eigenvalue weighted by atomic mass is 14.6. The van der Waals surface area contributed by atoms with Gasteiger partial charge in [-0.25, -0.2) is 0 Å². The molecule has 4 aliphatic rings. The van der Waals surface area contributed by atoms with Gasteiger partial charge in [0.15, 0.2) is 0 Å². The van der Waals surface area contributed by atoms with Crippen LogP contribution in [0.4, 0.5) is 0 Å². The molecule has 5 rings (SSSR count). The number of fused-ring (bicyclic) bond motifs is 5. The number of hydrogen-bond donors (Lipinski definition) is 0. The van der Waals surface area contributed by atoms with Crippen molar-refractivity contribution in [2.45, 2.75) is 38.5 Å². The highest BCUT2D eigenvalue weighted by Gasteiger charge is 2.51. The average Bonchev–Trinajstić information content (AvgIpc) is 3.28. The smallest absolute Gasteiger partial charge is 0.00942 e. The second-order valence-electron chi connectivity index (χ2n) is 7.69. The molecule has 0 aliphatic heterocycles. The Morgan fingerprint density at radius 1 is 0.955 bits per heavy atom. The molecule has 0 heteroatoms. The fourth-order valence-corrected chi connectivity index (χ4v) is 5.86. The highest BCUT2D eigenvalue weighted by molar-refractivity contribution is 5.78. The van der Waals surface area contributed by atoms with Crippen molar-refractivity contribution < 1.29 is 0 Å². The minimum Gasteiger partial charge on any atom is -0.0795 e. The van der Waals surface area contributed by atoms with Gasteiger partial charge in [0.1, 0.15) is 0 Å². The van der Waals surface area contributed by atoms with Crippen LogP contribution in [0, 0.1) is 23.7 Å². The predicted molar refractivity (Wildman–Crippen MR) is 92.2 cm³/mol. The first-order chi connectivity index (χ1) is 10.9. The van der Waals surface area contributed by atoms with Crippen LogP contribution in [0.15, 0.2) is 59.7 Å². The molecular weight excluding hydrogens is 264 g/mol. The summed E-state index contributed by atoms with van der Waals surface area (Å²) in [6, 6.07) is 10.9. The molecule has 3 saturated carbocycles. The van der Waals surface area contributed by atoms with Crippen molar-refractivity contribution >= 4 is 5.57 Å². The number of rotatable bonds is 1. The van der Waals surface area contributed by atoms with Crippen LogP contribution in [0.5, 0.6) is 0 Å². The van der Waals surface area contributed by atoms with Gasteiger partial charge in [-0.05, 0) is 72.5 Å². The van der Waals surface area contributed by atoms with Crippen LogP contribution in [-0.4, -0.2) is 0 Å². The largest absolute Gasteiger partial charge is 0.0795 e. The van der Waals surface area contributed by atoms with Gasteiger partial charge >= 0.3 is 0 Å². The molecule has 0 N–H and O–H groups in total. The Morgan fingerprint density at radius 3 is 2.73 bits per heavy atom.